The highest BCUT2D eigenvalue weighted by atomic mass is 32.2. The van der Waals surface area contributed by atoms with Crippen molar-refractivity contribution < 1.29 is 26.3 Å². The number of nitrogens with two attached hydrogens (primary N) is 2. The SMILES string of the molecule is N#Cc1c(S(N)(=O)=O)cnc(OC(F)(F)F)c1N. The number of halogens is 3. The van der Waals surface area contributed by atoms with Crippen molar-refractivity contribution >= 4 is 15.7 Å². The van der Waals surface area contributed by atoms with Crippen molar-refractivity contribution in [3.8, 4) is 11.9 Å². The maximum absolute atomic E-state index is 11.9. The minimum Gasteiger partial charge on any atom is -0.393 e. The predicted octanol–water partition coefficient (Wildman–Crippen LogP) is 0.0815. The summed E-state index contributed by atoms with van der Waals surface area (Å²) < 4.78 is 61.3. The van der Waals surface area contributed by atoms with E-state index in [0.717, 1.165) is 0 Å². The van der Waals surface area contributed by atoms with Crippen LogP contribution in [-0.4, -0.2) is 19.8 Å². The van der Waals surface area contributed by atoms with Gasteiger partial charge in [0.25, 0.3) is 0 Å². The molecule has 98 valence electrons. The molecule has 0 aliphatic carbocycles. The van der Waals surface area contributed by atoms with Crippen molar-refractivity contribution in [1.29, 1.82) is 5.26 Å². The average molecular weight is 282 g/mol. The zero-order valence-electron chi connectivity index (χ0n) is 8.39. The molecule has 0 unspecified atom stereocenters. The molecule has 0 bridgehead atoms. The Morgan fingerprint density at radius 3 is 2.39 bits per heavy atom. The molecule has 0 radical (unpaired) electrons. The van der Waals surface area contributed by atoms with Gasteiger partial charge in [-0.3, -0.25) is 0 Å². The van der Waals surface area contributed by atoms with Crippen LogP contribution in [0.1, 0.15) is 5.56 Å². The lowest BCUT2D eigenvalue weighted by atomic mass is 10.2. The number of hydrogen-bond acceptors (Lipinski definition) is 6. The van der Waals surface area contributed by atoms with Gasteiger partial charge in [-0.05, 0) is 0 Å². The molecule has 0 amide bonds. The summed E-state index contributed by atoms with van der Waals surface area (Å²) in [6.07, 6.45) is -4.61. The maximum atomic E-state index is 11.9. The topological polar surface area (TPSA) is 132 Å². The Morgan fingerprint density at radius 1 is 1.44 bits per heavy atom. The summed E-state index contributed by atoms with van der Waals surface area (Å²) in [4.78, 5) is 2.28. The van der Waals surface area contributed by atoms with Crippen LogP contribution in [0.4, 0.5) is 18.9 Å². The van der Waals surface area contributed by atoms with E-state index in [4.69, 9.17) is 16.1 Å². The van der Waals surface area contributed by atoms with Crippen LogP contribution in [0.2, 0.25) is 0 Å². The molecule has 1 aromatic rings. The summed E-state index contributed by atoms with van der Waals surface area (Å²) in [7, 11) is -4.33. The molecule has 1 heterocycles. The molecule has 0 aliphatic rings. The number of nitriles is 1. The number of ether oxygens (including phenoxy) is 1. The zero-order valence-corrected chi connectivity index (χ0v) is 9.21. The number of rotatable bonds is 2. The molecule has 4 N–H and O–H groups in total. The van der Waals surface area contributed by atoms with Crippen LogP contribution in [-0.2, 0) is 10.0 Å². The van der Waals surface area contributed by atoms with Gasteiger partial charge in [-0.25, -0.2) is 18.5 Å². The fourth-order valence-corrected chi connectivity index (χ4v) is 1.65. The van der Waals surface area contributed by atoms with Crippen LogP contribution >= 0.6 is 0 Å². The third-order valence-electron chi connectivity index (χ3n) is 1.68. The van der Waals surface area contributed by atoms with Gasteiger partial charge in [0, 0.05) is 0 Å². The van der Waals surface area contributed by atoms with Crippen LogP contribution in [0.15, 0.2) is 11.1 Å². The number of sulfonamides is 1. The Labute approximate surface area is 98.8 Å². The average Bonchev–Trinajstić information content (AvgIpc) is 2.17. The van der Waals surface area contributed by atoms with Gasteiger partial charge in [0.1, 0.15) is 22.2 Å². The lowest BCUT2D eigenvalue weighted by molar-refractivity contribution is -0.275. The fraction of sp³-hybridized carbons (Fsp3) is 0.143. The van der Waals surface area contributed by atoms with E-state index in [1.165, 1.54) is 6.07 Å². The van der Waals surface area contributed by atoms with E-state index in [2.05, 4.69) is 9.72 Å². The van der Waals surface area contributed by atoms with Crippen LogP contribution in [0.5, 0.6) is 5.88 Å². The van der Waals surface area contributed by atoms with E-state index in [0.29, 0.717) is 6.20 Å². The Hall–Kier alpha value is -2.06. The Balaban J connectivity index is 3.45. The lowest BCUT2D eigenvalue weighted by Crippen LogP contribution is -2.21. The highest BCUT2D eigenvalue weighted by molar-refractivity contribution is 7.89. The quantitative estimate of drug-likeness (QED) is 0.789. The standard InChI is InChI=1S/C7H5F3N4O3S/c8-7(9,10)17-6-5(12)3(1-11)4(2-14-6)18(13,15)16/h2H,12H2,(H2,13,15,16). The minimum absolute atomic E-state index is 0.464. The van der Waals surface area contributed by atoms with Gasteiger partial charge < -0.3 is 10.5 Å². The van der Waals surface area contributed by atoms with Crippen molar-refractivity contribution in [2.45, 2.75) is 11.3 Å². The van der Waals surface area contributed by atoms with Gasteiger partial charge >= 0.3 is 6.36 Å². The van der Waals surface area contributed by atoms with Crippen LogP contribution in [0, 0.1) is 11.3 Å². The van der Waals surface area contributed by atoms with Crippen molar-refractivity contribution in [3.63, 3.8) is 0 Å². The molecule has 0 fully saturated rings. The highest BCUT2D eigenvalue weighted by Gasteiger charge is 2.34. The lowest BCUT2D eigenvalue weighted by Gasteiger charge is -2.11. The summed E-state index contributed by atoms with van der Waals surface area (Å²) in [6.45, 7) is 0. The molecule has 1 aromatic heterocycles. The largest absolute Gasteiger partial charge is 0.574 e. The molecule has 0 saturated heterocycles. The van der Waals surface area contributed by atoms with Crippen LogP contribution < -0.4 is 15.6 Å². The fourth-order valence-electron chi connectivity index (χ4n) is 1.01. The molecule has 18 heavy (non-hydrogen) atoms. The summed E-state index contributed by atoms with van der Waals surface area (Å²) in [6, 6.07) is 1.33. The molecule has 0 aromatic carbocycles. The minimum atomic E-state index is -5.07. The first kappa shape index (κ1) is 14.0. The second kappa shape index (κ2) is 4.31. The second-order valence-corrected chi connectivity index (χ2v) is 4.45. The summed E-state index contributed by atoms with van der Waals surface area (Å²) in [5.74, 6) is -1.12. The smallest absolute Gasteiger partial charge is 0.393 e. The number of alkyl halides is 3. The number of primary sulfonamides is 1. The predicted molar refractivity (Wildman–Crippen MR) is 51.4 cm³/mol. The highest BCUT2D eigenvalue weighted by Crippen LogP contribution is 2.31. The van der Waals surface area contributed by atoms with E-state index in [1.54, 1.807) is 0 Å². The van der Waals surface area contributed by atoms with E-state index in [-0.39, 0.29) is 0 Å². The Kier molecular flexibility index (Phi) is 3.36. The van der Waals surface area contributed by atoms with Crippen molar-refractivity contribution in [1.82, 2.24) is 4.98 Å². The normalized spacial score (nSPS) is 11.9. The van der Waals surface area contributed by atoms with Gasteiger partial charge in [-0.2, -0.15) is 5.26 Å². The number of nitrogens with zero attached hydrogens (tertiary/aromatic N) is 2. The molecular formula is C7H5F3N4O3S. The first-order valence-corrected chi connectivity index (χ1v) is 5.58. The molecule has 0 aliphatic heterocycles. The molecule has 0 atom stereocenters. The molecule has 1 rings (SSSR count). The number of hydrogen-bond donors (Lipinski definition) is 2. The molecule has 0 saturated carbocycles. The van der Waals surface area contributed by atoms with Crippen molar-refractivity contribution in [2.75, 3.05) is 5.73 Å². The number of anilines is 1. The molecular weight excluding hydrogens is 277 g/mol. The molecule has 11 heteroatoms. The summed E-state index contributed by atoms with van der Waals surface area (Å²) >= 11 is 0. The van der Waals surface area contributed by atoms with Crippen LogP contribution in [0.25, 0.3) is 0 Å². The number of aromatic nitrogens is 1. The monoisotopic (exact) mass is 282 g/mol. The first-order chi connectivity index (χ1) is 8.06. The van der Waals surface area contributed by atoms with E-state index >= 15 is 0 Å². The molecule has 7 nitrogen and oxygen atoms in total. The maximum Gasteiger partial charge on any atom is 0.574 e. The Bertz CT molecular complexity index is 620. The first-order valence-electron chi connectivity index (χ1n) is 4.03. The van der Waals surface area contributed by atoms with Gasteiger partial charge in [-0.15, -0.1) is 13.2 Å². The number of nitrogen functional groups attached to an aromatic ring is 1. The van der Waals surface area contributed by atoms with Gasteiger partial charge in [-0.1, -0.05) is 0 Å². The van der Waals surface area contributed by atoms with Gasteiger partial charge in [0.15, 0.2) is 0 Å². The van der Waals surface area contributed by atoms with Gasteiger partial charge in [0.05, 0.1) is 6.20 Å². The van der Waals surface area contributed by atoms with E-state index in [1.807, 2.05) is 0 Å². The van der Waals surface area contributed by atoms with Crippen LogP contribution in [0.3, 0.4) is 0 Å². The molecule has 0 spiro atoms. The summed E-state index contributed by atoms with van der Waals surface area (Å²) in [5.41, 5.74) is 3.55. The third-order valence-corrected chi connectivity index (χ3v) is 2.60. The summed E-state index contributed by atoms with van der Waals surface area (Å²) in [5, 5.41) is 13.4. The van der Waals surface area contributed by atoms with E-state index in [9.17, 15) is 21.6 Å². The second-order valence-electron chi connectivity index (χ2n) is 2.92. The van der Waals surface area contributed by atoms with Crippen molar-refractivity contribution in [2.24, 2.45) is 5.14 Å². The van der Waals surface area contributed by atoms with Crippen molar-refractivity contribution in [3.05, 3.63) is 11.8 Å². The third kappa shape index (κ3) is 2.99. The Morgan fingerprint density at radius 2 is 2.00 bits per heavy atom. The number of pyridine rings is 1. The zero-order chi connectivity index (χ0) is 14.1. The van der Waals surface area contributed by atoms with Gasteiger partial charge in [0.2, 0.25) is 15.9 Å². The van der Waals surface area contributed by atoms with E-state index < -0.39 is 38.4 Å².